The van der Waals surface area contributed by atoms with Crippen LogP contribution in [0.4, 0.5) is 11.4 Å². The van der Waals surface area contributed by atoms with Gasteiger partial charge in [-0.2, -0.15) is 0 Å². The van der Waals surface area contributed by atoms with Crippen LogP contribution in [0.25, 0.3) is 71.7 Å². The standard InChI is InChI=1S/C60H36B2N4/c1-7-19-51-47(17-1)57-48-18-2-8-20-52(48)62-36-50(38-27-31-40(32-28-38)64-55-23-11-5-15-43(55)44-16-6-12-24-56(44)64)46-34-33-45-49(35-61(51)65-58(45)59(46)66(62)60(57)65)37-25-29-39(30-26-37)63-53-21-9-3-13-41(53)42-14-4-10-22-54(42)63/h1-36H. The van der Waals surface area contributed by atoms with Gasteiger partial charge in [0.15, 0.2) is 0 Å². The number of rotatable bonds is 4. The highest BCUT2D eigenvalue weighted by atomic mass is 15.4. The second kappa shape index (κ2) is 12.6. The van der Waals surface area contributed by atoms with Crippen LogP contribution in [0.3, 0.4) is 0 Å². The van der Waals surface area contributed by atoms with E-state index in [9.17, 15) is 0 Å². The lowest BCUT2D eigenvalue weighted by Crippen LogP contribution is -2.59. The molecule has 6 heteroatoms. The van der Waals surface area contributed by atoms with E-state index in [0.717, 1.165) is 0 Å². The average Bonchev–Trinajstić information content (AvgIpc) is 4.04. The van der Waals surface area contributed by atoms with Crippen molar-refractivity contribution in [3.8, 4) is 11.4 Å². The number of hydrogen-bond acceptors (Lipinski definition) is 2. The van der Waals surface area contributed by atoms with Crippen LogP contribution in [0.2, 0.25) is 0 Å². The Hall–Kier alpha value is -8.47. The Morgan fingerprint density at radius 1 is 0.303 bits per heavy atom. The van der Waals surface area contributed by atoms with Crippen molar-refractivity contribution in [2.24, 2.45) is 0 Å². The van der Waals surface area contributed by atoms with Crippen LogP contribution in [0.1, 0.15) is 33.4 Å². The van der Waals surface area contributed by atoms with E-state index in [2.05, 4.69) is 237 Å². The molecule has 5 aliphatic rings. The molecule has 0 radical (unpaired) electrons. The van der Waals surface area contributed by atoms with Gasteiger partial charge >= 0.3 is 13.7 Å². The molecule has 0 atom stereocenters. The van der Waals surface area contributed by atoms with E-state index in [0.29, 0.717) is 0 Å². The van der Waals surface area contributed by atoms with Gasteiger partial charge in [0.2, 0.25) is 0 Å². The van der Waals surface area contributed by atoms with Crippen LogP contribution in [-0.2, 0) is 0 Å². The molecule has 0 aliphatic carbocycles. The van der Waals surface area contributed by atoms with Gasteiger partial charge < -0.3 is 18.8 Å². The minimum Gasteiger partial charge on any atom is -0.362 e. The predicted molar refractivity (Wildman–Crippen MR) is 277 cm³/mol. The minimum absolute atomic E-state index is 0.0384. The molecule has 2 aromatic heterocycles. The first kappa shape index (κ1) is 34.9. The molecule has 4 nitrogen and oxygen atoms in total. The zero-order chi connectivity index (χ0) is 42.8. The topological polar surface area (TPSA) is 16.3 Å². The molecule has 7 heterocycles. The highest BCUT2D eigenvalue weighted by molar-refractivity contribution is 6.89. The molecule has 5 aliphatic heterocycles. The molecule has 302 valence electrons. The molecule has 0 amide bonds. The zero-order valence-corrected chi connectivity index (χ0v) is 35.7. The molecule has 0 bridgehead atoms. The van der Waals surface area contributed by atoms with Crippen molar-refractivity contribution in [3.63, 3.8) is 0 Å². The molecule has 0 fully saturated rings. The van der Waals surface area contributed by atoms with Crippen molar-refractivity contribution in [1.29, 1.82) is 0 Å². The molecule has 0 spiro atoms. The van der Waals surface area contributed by atoms with E-state index < -0.39 is 0 Å². The predicted octanol–water partition coefficient (Wildman–Crippen LogP) is 12.3. The van der Waals surface area contributed by atoms with Crippen LogP contribution >= 0.6 is 0 Å². The largest absolute Gasteiger partial charge is 0.362 e. The van der Waals surface area contributed by atoms with E-state index >= 15 is 0 Å². The number of anilines is 2. The lowest BCUT2D eigenvalue weighted by molar-refractivity contribution is 1.18. The molecular formula is C60H36B2N4. The summed E-state index contributed by atoms with van der Waals surface area (Å²) in [5.74, 6) is 6.39. The minimum atomic E-state index is 0.0384. The summed E-state index contributed by atoms with van der Waals surface area (Å²) in [5.41, 5.74) is 24.1. The number of hydrogen-bond donors (Lipinski definition) is 0. The number of fused-ring (bicyclic) bond motifs is 12. The number of para-hydroxylation sites is 4. The van der Waals surface area contributed by atoms with Crippen LogP contribution in [0, 0.1) is 0 Å². The second-order valence-electron chi connectivity index (χ2n) is 18.4. The highest BCUT2D eigenvalue weighted by Crippen LogP contribution is 2.59. The lowest BCUT2D eigenvalue weighted by Gasteiger charge is -2.44. The Morgan fingerprint density at radius 3 is 1.05 bits per heavy atom. The van der Waals surface area contributed by atoms with Crippen LogP contribution in [0.5, 0.6) is 0 Å². The number of nitrogens with zero attached hydrogens (tertiary/aromatic N) is 4. The first-order valence-electron chi connectivity index (χ1n) is 23.1. The summed E-state index contributed by atoms with van der Waals surface area (Å²) in [6, 6.07) is 76.8. The van der Waals surface area contributed by atoms with Crippen molar-refractivity contribution in [1.82, 2.24) is 9.13 Å². The Balaban J connectivity index is 0.893. The summed E-state index contributed by atoms with van der Waals surface area (Å²) in [4.78, 5) is 5.37. The maximum absolute atomic E-state index is 2.69. The van der Waals surface area contributed by atoms with Crippen molar-refractivity contribution >= 4 is 96.3 Å². The zero-order valence-electron chi connectivity index (χ0n) is 35.7. The maximum atomic E-state index is 2.69. The van der Waals surface area contributed by atoms with Gasteiger partial charge in [0.25, 0.3) is 0 Å². The average molecular weight is 835 g/mol. The second-order valence-corrected chi connectivity index (χ2v) is 18.4. The summed E-state index contributed by atoms with van der Waals surface area (Å²) in [6.45, 7) is 0.0767. The summed E-state index contributed by atoms with van der Waals surface area (Å²) >= 11 is 0. The van der Waals surface area contributed by atoms with E-state index in [4.69, 9.17) is 0 Å². The highest BCUT2D eigenvalue weighted by Gasteiger charge is 2.54. The lowest BCUT2D eigenvalue weighted by atomic mass is 9.45. The van der Waals surface area contributed by atoms with Crippen molar-refractivity contribution in [2.75, 3.05) is 9.62 Å². The molecule has 66 heavy (non-hydrogen) atoms. The fourth-order valence-electron chi connectivity index (χ4n) is 12.6. The van der Waals surface area contributed by atoms with Gasteiger partial charge in [-0.25, -0.2) is 0 Å². The third-order valence-electron chi connectivity index (χ3n) is 15.2. The summed E-state index contributed by atoms with van der Waals surface area (Å²) < 4.78 is 4.82. The third kappa shape index (κ3) is 4.36. The van der Waals surface area contributed by atoms with E-state index in [1.165, 1.54) is 133 Å². The normalized spacial score (nSPS) is 15.0. The SMILES string of the molecule is C1=C(c2ccc(-n3c4ccccc4c4ccccc43)cc2)c2ccc3c4c2N2B1c1ccccc1C1=C2N4B(C=C3c2ccc(-n3c4ccccc4c4ccccc43)cc2)c2ccccc21. The molecule has 16 rings (SSSR count). The van der Waals surface area contributed by atoms with Gasteiger partial charge in [0.05, 0.1) is 39.3 Å². The van der Waals surface area contributed by atoms with Gasteiger partial charge in [-0.05, 0) is 92.9 Å². The van der Waals surface area contributed by atoms with Gasteiger partial charge in [-0.3, -0.25) is 0 Å². The van der Waals surface area contributed by atoms with Crippen molar-refractivity contribution < 1.29 is 0 Å². The fraction of sp³-hybridized carbons (Fsp3) is 0. The number of aromatic nitrogens is 2. The first-order valence-corrected chi connectivity index (χ1v) is 23.1. The fourth-order valence-corrected chi connectivity index (χ4v) is 12.6. The smallest absolute Gasteiger partial charge is 0.323 e. The van der Waals surface area contributed by atoms with Gasteiger partial charge in [-0.1, -0.05) is 170 Å². The molecule has 11 aromatic rings. The van der Waals surface area contributed by atoms with E-state index in [-0.39, 0.29) is 13.7 Å². The third-order valence-corrected chi connectivity index (χ3v) is 15.2. The molecule has 0 saturated carbocycles. The van der Waals surface area contributed by atoms with E-state index in [1.807, 2.05) is 0 Å². The maximum Gasteiger partial charge on any atom is 0.323 e. The quantitative estimate of drug-likeness (QED) is 0.164. The molecule has 9 aromatic carbocycles. The van der Waals surface area contributed by atoms with Crippen molar-refractivity contribution in [3.05, 3.63) is 257 Å². The Bertz CT molecular complexity index is 3710. The monoisotopic (exact) mass is 834 g/mol. The van der Waals surface area contributed by atoms with Gasteiger partial charge in [0, 0.05) is 49.6 Å². The number of benzene rings is 9. The molecular weight excluding hydrogens is 798 g/mol. The summed E-state index contributed by atoms with van der Waals surface area (Å²) in [7, 11) is 0. The Morgan fingerprint density at radius 2 is 0.652 bits per heavy atom. The van der Waals surface area contributed by atoms with Gasteiger partial charge in [0.1, 0.15) is 0 Å². The van der Waals surface area contributed by atoms with Crippen LogP contribution < -0.4 is 20.5 Å². The Kier molecular flexibility index (Phi) is 6.68. The summed E-state index contributed by atoms with van der Waals surface area (Å²) in [6.07, 6.45) is 0. The first-order chi connectivity index (χ1) is 32.8. The van der Waals surface area contributed by atoms with Gasteiger partial charge in [-0.15, -0.1) is 0 Å². The molecule has 0 unspecified atom stereocenters. The van der Waals surface area contributed by atoms with E-state index in [1.54, 1.807) is 0 Å². The molecule has 0 N–H and O–H groups in total. The van der Waals surface area contributed by atoms with Crippen LogP contribution in [-0.4, -0.2) is 22.8 Å². The Labute approximate surface area is 382 Å². The van der Waals surface area contributed by atoms with Crippen LogP contribution in [0.15, 0.2) is 224 Å². The van der Waals surface area contributed by atoms with Crippen molar-refractivity contribution in [2.45, 2.75) is 0 Å². The summed E-state index contributed by atoms with van der Waals surface area (Å²) in [5, 5.41) is 5.11. The molecule has 0 saturated heterocycles.